The monoisotopic (exact) mass is 500 g/mol. The fraction of sp³-hybridized carbons (Fsp3) is 0.185. The van der Waals surface area contributed by atoms with Crippen LogP contribution in [0.5, 0.6) is 11.5 Å². The lowest BCUT2D eigenvalue weighted by Crippen LogP contribution is -2.43. The van der Waals surface area contributed by atoms with Gasteiger partial charge in [-0.15, -0.1) is 11.3 Å². The van der Waals surface area contributed by atoms with E-state index < -0.39 is 0 Å². The maximum absolute atomic E-state index is 13.0. The first-order valence-corrected chi connectivity index (χ1v) is 12.2. The minimum Gasteiger partial charge on any atom is -0.495 e. The summed E-state index contributed by atoms with van der Waals surface area (Å²) >= 11 is 1.56. The quantitative estimate of drug-likeness (QED) is 0.406. The van der Waals surface area contributed by atoms with Gasteiger partial charge in [-0.25, -0.2) is 4.98 Å². The van der Waals surface area contributed by atoms with Gasteiger partial charge in [-0.05, 0) is 61.9 Å². The molecule has 0 saturated carbocycles. The van der Waals surface area contributed by atoms with Gasteiger partial charge in [0.1, 0.15) is 23.1 Å². The van der Waals surface area contributed by atoms with Crippen molar-refractivity contribution in [2.75, 3.05) is 30.5 Å². The van der Waals surface area contributed by atoms with Gasteiger partial charge in [0.25, 0.3) is 5.91 Å². The Kier molecular flexibility index (Phi) is 6.39. The minimum absolute atomic E-state index is 0.132. The molecule has 0 atom stereocenters. The zero-order valence-electron chi connectivity index (χ0n) is 20.1. The first-order valence-electron chi connectivity index (χ1n) is 11.3. The van der Waals surface area contributed by atoms with Crippen LogP contribution in [0, 0.1) is 13.8 Å². The summed E-state index contributed by atoms with van der Waals surface area (Å²) in [6.45, 7) is 3.64. The summed E-state index contributed by atoms with van der Waals surface area (Å²) in [6.07, 6.45) is 1.74. The number of carbonyl (C=O) groups is 2. The van der Waals surface area contributed by atoms with Gasteiger partial charge >= 0.3 is 0 Å². The number of ether oxygens (including phenoxy) is 2. The van der Waals surface area contributed by atoms with E-state index in [4.69, 9.17) is 14.5 Å². The van der Waals surface area contributed by atoms with Crippen molar-refractivity contribution in [3.8, 4) is 33.5 Å². The van der Waals surface area contributed by atoms with Crippen molar-refractivity contribution in [2.45, 2.75) is 13.8 Å². The van der Waals surface area contributed by atoms with Crippen LogP contribution in [0.25, 0.3) is 22.0 Å². The number of amides is 2. The van der Waals surface area contributed by atoms with Gasteiger partial charge in [0, 0.05) is 16.6 Å². The molecule has 2 aromatic carbocycles. The predicted molar refractivity (Wildman–Crippen MR) is 140 cm³/mol. The van der Waals surface area contributed by atoms with Crippen molar-refractivity contribution in [2.24, 2.45) is 0 Å². The Morgan fingerprint density at radius 2 is 2.03 bits per heavy atom. The SMILES string of the molecule is COc1ccc(C)cc1NC(=O)CN1C(=O)COc2ccc(-c3nc(-c4ccccn4)sc3C)cc21. The third kappa shape index (κ3) is 4.65. The Bertz CT molecular complexity index is 1450. The number of pyridine rings is 1. The molecule has 0 fully saturated rings. The van der Waals surface area contributed by atoms with Crippen LogP contribution < -0.4 is 19.7 Å². The van der Waals surface area contributed by atoms with Gasteiger partial charge in [0.2, 0.25) is 5.91 Å². The third-order valence-corrected chi connectivity index (χ3v) is 6.78. The number of benzene rings is 2. The number of rotatable bonds is 6. The molecular weight excluding hydrogens is 476 g/mol. The fourth-order valence-electron chi connectivity index (χ4n) is 4.04. The van der Waals surface area contributed by atoms with E-state index in [0.29, 0.717) is 22.9 Å². The Morgan fingerprint density at radius 1 is 1.17 bits per heavy atom. The summed E-state index contributed by atoms with van der Waals surface area (Å²) < 4.78 is 11.0. The van der Waals surface area contributed by atoms with Gasteiger partial charge in [0.15, 0.2) is 6.61 Å². The molecule has 0 unspecified atom stereocenters. The van der Waals surface area contributed by atoms with Crippen LogP contribution in [-0.2, 0) is 9.59 Å². The molecule has 0 bridgehead atoms. The fourth-order valence-corrected chi connectivity index (χ4v) is 4.95. The largest absolute Gasteiger partial charge is 0.495 e. The molecular formula is C27H24N4O4S. The van der Waals surface area contributed by atoms with Crippen LogP contribution in [0.15, 0.2) is 60.8 Å². The lowest BCUT2D eigenvalue weighted by molar-refractivity contribution is -0.123. The van der Waals surface area contributed by atoms with Gasteiger partial charge in [0.05, 0.1) is 29.9 Å². The van der Waals surface area contributed by atoms with Crippen LogP contribution >= 0.6 is 11.3 Å². The van der Waals surface area contributed by atoms with Gasteiger partial charge in [-0.3, -0.25) is 19.5 Å². The molecule has 182 valence electrons. The number of fused-ring (bicyclic) bond motifs is 1. The number of methoxy groups -OCH3 is 1. The molecule has 4 aromatic rings. The minimum atomic E-state index is -0.340. The van der Waals surface area contributed by atoms with Gasteiger partial charge in [-0.2, -0.15) is 0 Å². The first kappa shape index (κ1) is 23.5. The van der Waals surface area contributed by atoms with Crippen molar-refractivity contribution in [3.05, 3.63) is 71.2 Å². The topological polar surface area (TPSA) is 93.7 Å². The smallest absolute Gasteiger partial charge is 0.265 e. The number of hydrogen-bond acceptors (Lipinski definition) is 7. The lowest BCUT2D eigenvalue weighted by atomic mass is 10.1. The zero-order chi connectivity index (χ0) is 25.2. The van der Waals surface area contributed by atoms with Gasteiger partial charge in [-0.1, -0.05) is 12.1 Å². The van der Waals surface area contributed by atoms with E-state index in [9.17, 15) is 9.59 Å². The predicted octanol–water partition coefficient (Wildman–Crippen LogP) is 4.86. The number of aromatic nitrogens is 2. The van der Waals surface area contributed by atoms with Crippen LogP contribution in [0.4, 0.5) is 11.4 Å². The molecule has 0 spiro atoms. The van der Waals surface area contributed by atoms with E-state index in [0.717, 1.165) is 32.4 Å². The average molecular weight is 501 g/mol. The maximum atomic E-state index is 13.0. The third-order valence-electron chi connectivity index (χ3n) is 5.79. The Balaban J connectivity index is 1.43. The Morgan fingerprint density at radius 3 is 2.81 bits per heavy atom. The molecule has 5 rings (SSSR count). The molecule has 1 aliphatic heterocycles. The number of aryl methyl sites for hydroxylation is 2. The Labute approximate surface area is 212 Å². The average Bonchev–Trinajstić information content (AvgIpc) is 3.28. The number of nitrogens with one attached hydrogen (secondary N) is 1. The van der Waals surface area contributed by atoms with Gasteiger partial charge < -0.3 is 14.8 Å². The van der Waals surface area contributed by atoms with E-state index in [1.165, 1.54) is 4.90 Å². The molecule has 1 N–H and O–H groups in total. The molecule has 0 saturated heterocycles. The molecule has 36 heavy (non-hydrogen) atoms. The lowest BCUT2D eigenvalue weighted by Gasteiger charge is -2.29. The highest BCUT2D eigenvalue weighted by Gasteiger charge is 2.28. The zero-order valence-corrected chi connectivity index (χ0v) is 20.9. The summed E-state index contributed by atoms with van der Waals surface area (Å²) in [5, 5.41) is 3.68. The highest BCUT2D eigenvalue weighted by Crippen LogP contribution is 2.39. The van der Waals surface area contributed by atoms with E-state index in [2.05, 4.69) is 10.3 Å². The van der Waals surface area contributed by atoms with Crippen LogP contribution in [0.1, 0.15) is 10.4 Å². The molecule has 9 heteroatoms. The number of carbonyl (C=O) groups excluding carboxylic acids is 2. The van der Waals surface area contributed by atoms with Crippen molar-refractivity contribution in [1.82, 2.24) is 9.97 Å². The molecule has 8 nitrogen and oxygen atoms in total. The second-order valence-electron chi connectivity index (χ2n) is 8.34. The standard InChI is InChI=1S/C27H24N4O4S/c1-16-7-9-22(34-3)20(12-16)29-24(32)14-31-21-13-18(8-10-23(21)35-15-25(31)33)26-17(2)36-27(30-26)19-6-4-5-11-28-19/h4-13H,14-15H2,1-3H3,(H,29,32). The number of nitrogens with zero attached hydrogens (tertiary/aromatic N) is 3. The maximum Gasteiger partial charge on any atom is 0.265 e. The van der Waals surface area contributed by atoms with E-state index in [1.807, 2.05) is 62.4 Å². The second-order valence-corrected chi connectivity index (χ2v) is 9.54. The van der Waals surface area contributed by atoms with Crippen LogP contribution in [0.3, 0.4) is 0 Å². The second kappa shape index (κ2) is 9.79. The van der Waals surface area contributed by atoms with Crippen molar-refractivity contribution in [3.63, 3.8) is 0 Å². The van der Waals surface area contributed by atoms with E-state index in [-0.39, 0.29) is 25.0 Å². The summed E-state index contributed by atoms with van der Waals surface area (Å²) in [4.78, 5) is 37.4. The summed E-state index contributed by atoms with van der Waals surface area (Å²) in [6, 6.07) is 16.8. The molecule has 0 aliphatic carbocycles. The van der Waals surface area contributed by atoms with Crippen molar-refractivity contribution in [1.29, 1.82) is 0 Å². The molecule has 3 heterocycles. The molecule has 2 amide bonds. The molecule has 1 aliphatic rings. The highest BCUT2D eigenvalue weighted by molar-refractivity contribution is 7.15. The number of anilines is 2. The summed E-state index contributed by atoms with van der Waals surface area (Å²) in [7, 11) is 1.54. The summed E-state index contributed by atoms with van der Waals surface area (Å²) in [5.74, 6) is 0.452. The summed E-state index contributed by atoms with van der Waals surface area (Å²) in [5.41, 5.74) is 4.49. The molecule has 2 aromatic heterocycles. The van der Waals surface area contributed by atoms with Crippen LogP contribution in [0.2, 0.25) is 0 Å². The Hall–Kier alpha value is -4.24. The number of hydrogen-bond donors (Lipinski definition) is 1. The number of thiazole rings is 1. The molecule has 0 radical (unpaired) electrons. The van der Waals surface area contributed by atoms with Crippen molar-refractivity contribution < 1.29 is 19.1 Å². The van der Waals surface area contributed by atoms with E-state index in [1.54, 1.807) is 30.7 Å². The van der Waals surface area contributed by atoms with Crippen molar-refractivity contribution >= 4 is 34.5 Å². The normalized spacial score (nSPS) is 12.6. The van der Waals surface area contributed by atoms with Crippen LogP contribution in [-0.4, -0.2) is 42.0 Å². The highest BCUT2D eigenvalue weighted by atomic mass is 32.1. The first-order chi connectivity index (χ1) is 17.4. The van der Waals surface area contributed by atoms with E-state index >= 15 is 0 Å².